The van der Waals surface area contributed by atoms with Crippen molar-refractivity contribution in [3.8, 4) is 5.75 Å². The zero-order valence-corrected chi connectivity index (χ0v) is 13.2. The van der Waals surface area contributed by atoms with E-state index in [1.165, 1.54) is 22.3 Å². The second kappa shape index (κ2) is 5.93. The van der Waals surface area contributed by atoms with Crippen molar-refractivity contribution in [1.29, 1.82) is 0 Å². The first-order chi connectivity index (χ1) is 10.1. The molecule has 0 bridgehead atoms. The minimum Gasteiger partial charge on any atom is -0.486 e. The first-order valence-corrected chi connectivity index (χ1v) is 7.97. The summed E-state index contributed by atoms with van der Waals surface area (Å²) in [7, 11) is 0. The number of aryl methyl sites for hydroxylation is 1. The summed E-state index contributed by atoms with van der Waals surface area (Å²) in [5.41, 5.74) is 5.67. The van der Waals surface area contributed by atoms with Crippen LogP contribution in [0.3, 0.4) is 0 Å². The molecule has 2 aliphatic carbocycles. The van der Waals surface area contributed by atoms with Crippen molar-refractivity contribution in [2.24, 2.45) is 5.92 Å². The molecular weight excluding hydrogens is 256 g/mol. The van der Waals surface area contributed by atoms with Crippen LogP contribution in [0.2, 0.25) is 0 Å². The van der Waals surface area contributed by atoms with E-state index in [2.05, 4.69) is 63.3 Å². The molecule has 1 aromatic carbocycles. The largest absolute Gasteiger partial charge is 0.486 e. The van der Waals surface area contributed by atoms with Gasteiger partial charge in [-0.1, -0.05) is 43.7 Å². The highest BCUT2D eigenvalue weighted by Gasteiger charge is 2.17. The third kappa shape index (κ3) is 3.12. The van der Waals surface area contributed by atoms with E-state index in [4.69, 9.17) is 4.74 Å². The van der Waals surface area contributed by atoms with Gasteiger partial charge in [-0.05, 0) is 60.6 Å². The van der Waals surface area contributed by atoms with E-state index in [9.17, 15) is 0 Å². The van der Waals surface area contributed by atoms with E-state index in [0.717, 1.165) is 25.0 Å². The highest BCUT2D eigenvalue weighted by molar-refractivity contribution is 5.57. The van der Waals surface area contributed by atoms with Gasteiger partial charge in [0.25, 0.3) is 0 Å². The van der Waals surface area contributed by atoms with Gasteiger partial charge in [0, 0.05) is 6.42 Å². The van der Waals surface area contributed by atoms with Gasteiger partial charge in [0.1, 0.15) is 11.9 Å². The van der Waals surface area contributed by atoms with Crippen LogP contribution < -0.4 is 4.74 Å². The van der Waals surface area contributed by atoms with Gasteiger partial charge in [0.2, 0.25) is 0 Å². The molecule has 0 radical (unpaired) electrons. The highest BCUT2D eigenvalue weighted by atomic mass is 16.5. The lowest BCUT2D eigenvalue weighted by Gasteiger charge is -2.24. The Morgan fingerprint density at radius 2 is 2.05 bits per heavy atom. The molecule has 0 saturated carbocycles. The zero-order chi connectivity index (χ0) is 14.8. The van der Waals surface area contributed by atoms with E-state index in [1.807, 2.05) is 0 Å². The summed E-state index contributed by atoms with van der Waals surface area (Å²) in [6.07, 6.45) is 12.3. The van der Waals surface area contributed by atoms with Crippen LogP contribution in [0.4, 0.5) is 0 Å². The molecule has 21 heavy (non-hydrogen) atoms. The number of rotatable bonds is 3. The highest BCUT2D eigenvalue weighted by Crippen LogP contribution is 2.29. The third-order valence-electron chi connectivity index (χ3n) is 4.39. The molecule has 1 unspecified atom stereocenters. The maximum atomic E-state index is 6.17. The van der Waals surface area contributed by atoms with Gasteiger partial charge in [-0.15, -0.1) is 0 Å². The van der Waals surface area contributed by atoms with E-state index in [0.29, 0.717) is 5.92 Å². The van der Waals surface area contributed by atoms with Crippen molar-refractivity contribution in [2.75, 3.05) is 0 Å². The lowest BCUT2D eigenvalue weighted by Crippen LogP contribution is -2.18. The molecule has 0 saturated heterocycles. The molecule has 0 heterocycles. The fraction of sp³-hybridized carbons (Fsp3) is 0.400. The molecule has 2 aliphatic rings. The standard InChI is InChI=1S/C20H24O/c1-14(2)20-11-10-18(12-15(20)3)21-19-9-8-16-6-4-5-7-17(16)13-19/h4,6,8-11,13-14,18H,5,7,12H2,1-3H3. The maximum absolute atomic E-state index is 6.17. The predicted molar refractivity (Wildman–Crippen MR) is 89.5 cm³/mol. The van der Waals surface area contributed by atoms with E-state index in [-0.39, 0.29) is 6.10 Å². The molecule has 0 aromatic heterocycles. The molecule has 1 aromatic rings. The molecule has 0 aliphatic heterocycles. The number of ether oxygens (including phenoxy) is 1. The molecule has 1 atom stereocenters. The minimum absolute atomic E-state index is 0.171. The summed E-state index contributed by atoms with van der Waals surface area (Å²) in [5, 5.41) is 0. The fourth-order valence-electron chi connectivity index (χ4n) is 3.27. The van der Waals surface area contributed by atoms with Crippen molar-refractivity contribution in [2.45, 2.75) is 46.1 Å². The molecule has 0 spiro atoms. The van der Waals surface area contributed by atoms with Crippen molar-refractivity contribution >= 4 is 6.08 Å². The normalized spacial score (nSPS) is 20.9. The van der Waals surface area contributed by atoms with Gasteiger partial charge in [0.15, 0.2) is 0 Å². The Morgan fingerprint density at radius 3 is 2.81 bits per heavy atom. The van der Waals surface area contributed by atoms with E-state index in [1.54, 1.807) is 0 Å². The Bertz CT molecular complexity index is 617. The van der Waals surface area contributed by atoms with E-state index < -0.39 is 0 Å². The van der Waals surface area contributed by atoms with Crippen LogP contribution in [0.1, 0.15) is 44.7 Å². The molecular formula is C20H24O. The Hall–Kier alpha value is -1.76. The van der Waals surface area contributed by atoms with Crippen LogP contribution in [-0.2, 0) is 6.42 Å². The van der Waals surface area contributed by atoms with Gasteiger partial charge >= 0.3 is 0 Å². The van der Waals surface area contributed by atoms with Crippen LogP contribution in [0.15, 0.2) is 47.6 Å². The van der Waals surface area contributed by atoms with Crippen LogP contribution in [-0.4, -0.2) is 6.10 Å². The topological polar surface area (TPSA) is 9.23 Å². The number of benzene rings is 1. The Labute approximate surface area is 128 Å². The van der Waals surface area contributed by atoms with Crippen molar-refractivity contribution in [3.63, 3.8) is 0 Å². The smallest absolute Gasteiger partial charge is 0.121 e. The second-order valence-electron chi connectivity index (χ2n) is 6.41. The lowest BCUT2D eigenvalue weighted by atomic mass is 9.90. The maximum Gasteiger partial charge on any atom is 0.121 e. The number of hydrogen-bond donors (Lipinski definition) is 0. The number of hydrogen-bond acceptors (Lipinski definition) is 1. The Kier molecular flexibility index (Phi) is 4.01. The first kappa shape index (κ1) is 14.2. The van der Waals surface area contributed by atoms with Crippen LogP contribution in [0.5, 0.6) is 5.75 Å². The van der Waals surface area contributed by atoms with Gasteiger partial charge in [0.05, 0.1) is 0 Å². The average Bonchev–Trinajstić information content (AvgIpc) is 2.47. The molecule has 0 N–H and O–H groups in total. The van der Waals surface area contributed by atoms with Gasteiger partial charge in [-0.25, -0.2) is 0 Å². The van der Waals surface area contributed by atoms with Gasteiger partial charge in [-0.2, -0.15) is 0 Å². The van der Waals surface area contributed by atoms with Crippen molar-refractivity contribution in [1.82, 2.24) is 0 Å². The van der Waals surface area contributed by atoms with Crippen LogP contribution in [0.25, 0.3) is 6.08 Å². The van der Waals surface area contributed by atoms with Crippen molar-refractivity contribution in [3.05, 3.63) is 58.7 Å². The quantitative estimate of drug-likeness (QED) is 0.727. The average molecular weight is 280 g/mol. The molecule has 3 rings (SSSR count). The summed E-state index contributed by atoms with van der Waals surface area (Å²) in [6.45, 7) is 6.73. The Morgan fingerprint density at radius 1 is 1.19 bits per heavy atom. The monoisotopic (exact) mass is 280 g/mol. The van der Waals surface area contributed by atoms with Crippen LogP contribution in [0, 0.1) is 5.92 Å². The first-order valence-electron chi connectivity index (χ1n) is 7.97. The molecule has 1 heteroatoms. The predicted octanol–water partition coefficient (Wildman–Crippen LogP) is 5.33. The number of allylic oxidation sites excluding steroid dienone is 3. The van der Waals surface area contributed by atoms with Gasteiger partial charge in [-0.3, -0.25) is 0 Å². The summed E-state index contributed by atoms with van der Waals surface area (Å²) in [6, 6.07) is 6.48. The summed E-state index contributed by atoms with van der Waals surface area (Å²) < 4.78 is 6.17. The summed E-state index contributed by atoms with van der Waals surface area (Å²) >= 11 is 0. The summed E-state index contributed by atoms with van der Waals surface area (Å²) in [4.78, 5) is 0. The fourth-order valence-corrected chi connectivity index (χ4v) is 3.27. The van der Waals surface area contributed by atoms with Gasteiger partial charge < -0.3 is 4.74 Å². The molecule has 110 valence electrons. The third-order valence-corrected chi connectivity index (χ3v) is 4.39. The summed E-state index contributed by atoms with van der Waals surface area (Å²) in [5.74, 6) is 1.59. The SMILES string of the molecule is CC1=C(C(C)C)C=CC(Oc2ccc3c(c2)CCC=C3)C1. The van der Waals surface area contributed by atoms with Crippen LogP contribution >= 0.6 is 0 Å². The minimum atomic E-state index is 0.171. The molecule has 0 amide bonds. The lowest BCUT2D eigenvalue weighted by molar-refractivity contribution is 0.246. The number of fused-ring (bicyclic) bond motifs is 1. The zero-order valence-electron chi connectivity index (χ0n) is 13.2. The van der Waals surface area contributed by atoms with Crippen molar-refractivity contribution < 1.29 is 4.74 Å². The second-order valence-corrected chi connectivity index (χ2v) is 6.41. The van der Waals surface area contributed by atoms with E-state index >= 15 is 0 Å². The Balaban J connectivity index is 1.72. The molecule has 0 fully saturated rings. The molecule has 1 nitrogen and oxygen atoms in total.